The van der Waals surface area contributed by atoms with Crippen LogP contribution in [0.1, 0.15) is 31.5 Å². The minimum Gasteiger partial charge on any atom is -0.384 e. The monoisotopic (exact) mass is 266 g/mol. The Bertz CT molecular complexity index is 379. The van der Waals surface area contributed by atoms with Gasteiger partial charge in [-0.25, -0.2) is 4.98 Å². The average Bonchev–Trinajstić information content (AvgIpc) is 3.03. The summed E-state index contributed by atoms with van der Waals surface area (Å²) in [4.78, 5) is 6.77. The van der Waals surface area contributed by atoms with Crippen LogP contribution in [0.4, 0.5) is 0 Å². The van der Waals surface area contributed by atoms with Crippen molar-refractivity contribution in [2.45, 2.75) is 32.4 Å². The van der Waals surface area contributed by atoms with Gasteiger partial charge in [0, 0.05) is 32.9 Å². The Kier molecular flexibility index (Phi) is 5.36. The van der Waals surface area contributed by atoms with Crippen LogP contribution in [0, 0.1) is 5.92 Å². The quantitative estimate of drug-likeness (QED) is 0.807. The molecule has 1 saturated heterocycles. The third-order valence-electron chi connectivity index (χ3n) is 3.93. The number of aryl methyl sites for hydroxylation is 1. The third-order valence-corrected chi connectivity index (χ3v) is 3.93. The number of aromatic nitrogens is 2. The van der Waals surface area contributed by atoms with E-state index in [1.165, 1.54) is 12.1 Å². The summed E-state index contributed by atoms with van der Waals surface area (Å²) >= 11 is 0. The summed E-state index contributed by atoms with van der Waals surface area (Å²) < 4.78 is 7.50. The maximum absolute atomic E-state index is 6.01. The molecular weight excluding hydrogens is 240 g/mol. The first kappa shape index (κ1) is 14.5. The standard InChI is InChI=1S/C14H26N4O/c1-3-5-18-11-16-8-14(18)13(7-15)17-6-4-12(9-17)10-19-2/h8,11-13H,3-7,9-10,15H2,1-2H3. The summed E-state index contributed by atoms with van der Waals surface area (Å²) in [5.41, 5.74) is 7.27. The van der Waals surface area contributed by atoms with E-state index in [0.717, 1.165) is 32.7 Å². The third kappa shape index (κ3) is 3.35. The van der Waals surface area contributed by atoms with E-state index in [1.807, 2.05) is 12.5 Å². The van der Waals surface area contributed by atoms with Gasteiger partial charge in [0.2, 0.25) is 0 Å². The lowest BCUT2D eigenvalue weighted by molar-refractivity contribution is 0.146. The maximum Gasteiger partial charge on any atom is 0.0948 e. The first-order valence-corrected chi connectivity index (χ1v) is 7.23. The van der Waals surface area contributed by atoms with Crippen molar-refractivity contribution in [2.24, 2.45) is 11.7 Å². The number of hydrogen-bond donors (Lipinski definition) is 1. The topological polar surface area (TPSA) is 56.3 Å². The predicted octanol–water partition coefficient (Wildman–Crippen LogP) is 1.26. The van der Waals surface area contributed by atoms with Gasteiger partial charge in [0.25, 0.3) is 0 Å². The molecule has 0 amide bonds. The summed E-state index contributed by atoms with van der Waals surface area (Å²) in [6.07, 6.45) is 6.21. The van der Waals surface area contributed by atoms with Crippen molar-refractivity contribution in [3.05, 3.63) is 18.2 Å². The molecule has 5 nitrogen and oxygen atoms in total. The zero-order valence-corrected chi connectivity index (χ0v) is 12.1. The second-order valence-electron chi connectivity index (χ2n) is 5.37. The summed E-state index contributed by atoms with van der Waals surface area (Å²) in [5.74, 6) is 0.640. The van der Waals surface area contributed by atoms with Crippen LogP contribution in [-0.2, 0) is 11.3 Å². The zero-order valence-electron chi connectivity index (χ0n) is 12.1. The van der Waals surface area contributed by atoms with Crippen molar-refractivity contribution >= 4 is 0 Å². The number of nitrogens with two attached hydrogens (primary N) is 1. The minimum atomic E-state index is 0.288. The number of likely N-dealkylation sites (tertiary alicyclic amines) is 1. The second kappa shape index (κ2) is 7.03. The lowest BCUT2D eigenvalue weighted by atomic mass is 10.1. The van der Waals surface area contributed by atoms with Crippen LogP contribution in [0.2, 0.25) is 0 Å². The summed E-state index contributed by atoms with van der Waals surface area (Å²) in [5, 5.41) is 0. The van der Waals surface area contributed by atoms with E-state index in [0.29, 0.717) is 12.5 Å². The van der Waals surface area contributed by atoms with Crippen LogP contribution >= 0.6 is 0 Å². The lowest BCUT2D eigenvalue weighted by Gasteiger charge is -2.27. The van der Waals surface area contributed by atoms with E-state index >= 15 is 0 Å². The molecule has 1 aliphatic heterocycles. The van der Waals surface area contributed by atoms with Gasteiger partial charge in [-0.3, -0.25) is 4.90 Å². The summed E-state index contributed by atoms with van der Waals surface area (Å²) in [7, 11) is 1.78. The number of methoxy groups -OCH3 is 1. The molecule has 0 bridgehead atoms. The largest absolute Gasteiger partial charge is 0.384 e. The minimum absolute atomic E-state index is 0.288. The highest BCUT2D eigenvalue weighted by molar-refractivity contribution is 5.07. The van der Waals surface area contributed by atoms with Crippen LogP contribution in [0.3, 0.4) is 0 Å². The molecule has 1 aromatic rings. The molecular formula is C14H26N4O. The molecule has 0 aromatic carbocycles. The molecule has 2 atom stereocenters. The molecule has 2 rings (SSSR count). The molecule has 5 heteroatoms. The molecule has 2 unspecified atom stereocenters. The smallest absolute Gasteiger partial charge is 0.0948 e. The number of ether oxygens (including phenoxy) is 1. The van der Waals surface area contributed by atoms with Crippen LogP contribution in [-0.4, -0.2) is 47.8 Å². The summed E-state index contributed by atoms with van der Waals surface area (Å²) in [6.45, 7) is 6.88. The first-order valence-electron chi connectivity index (χ1n) is 7.23. The van der Waals surface area contributed by atoms with E-state index in [-0.39, 0.29) is 6.04 Å². The molecule has 1 aliphatic rings. The van der Waals surface area contributed by atoms with Gasteiger partial charge in [0.15, 0.2) is 0 Å². The molecule has 0 saturated carbocycles. The lowest BCUT2D eigenvalue weighted by Crippen LogP contribution is -2.33. The van der Waals surface area contributed by atoms with Crippen molar-refractivity contribution in [1.82, 2.24) is 14.5 Å². The first-order chi connectivity index (χ1) is 9.30. The van der Waals surface area contributed by atoms with Crippen molar-refractivity contribution < 1.29 is 4.74 Å². The Morgan fingerprint density at radius 1 is 1.58 bits per heavy atom. The van der Waals surface area contributed by atoms with E-state index in [9.17, 15) is 0 Å². The van der Waals surface area contributed by atoms with Gasteiger partial charge in [0.05, 0.1) is 24.7 Å². The molecule has 1 fully saturated rings. The second-order valence-corrected chi connectivity index (χ2v) is 5.37. The van der Waals surface area contributed by atoms with E-state index in [4.69, 9.17) is 10.5 Å². The highest BCUT2D eigenvalue weighted by atomic mass is 16.5. The Morgan fingerprint density at radius 3 is 3.11 bits per heavy atom. The van der Waals surface area contributed by atoms with Crippen LogP contribution in [0.5, 0.6) is 0 Å². The molecule has 19 heavy (non-hydrogen) atoms. The number of nitrogens with zero attached hydrogens (tertiary/aromatic N) is 3. The molecule has 2 heterocycles. The van der Waals surface area contributed by atoms with Gasteiger partial charge < -0.3 is 15.0 Å². The fraction of sp³-hybridized carbons (Fsp3) is 0.786. The Hall–Kier alpha value is -0.910. The van der Waals surface area contributed by atoms with E-state index in [1.54, 1.807) is 7.11 Å². The molecule has 2 N–H and O–H groups in total. The molecule has 108 valence electrons. The Balaban J connectivity index is 2.05. The highest BCUT2D eigenvalue weighted by Gasteiger charge is 2.29. The Labute approximate surface area is 115 Å². The van der Waals surface area contributed by atoms with Crippen LogP contribution in [0.15, 0.2) is 12.5 Å². The number of imidazole rings is 1. The Morgan fingerprint density at radius 2 is 2.42 bits per heavy atom. The van der Waals surface area contributed by atoms with Crippen molar-refractivity contribution in [3.63, 3.8) is 0 Å². The number of hydrogen-bond acceptors (Lipinski definition) is 4. The fourth-order valence-corrected chi connectivity index (χ4v) is 3.01. The summed E-state index contributed by atoms with van der Waals surface area (Å²) in [6, 6.07) is 0.288. The van der Waals surface area contributed by atoms with Gasteiger partial charge in [-0.05, 0) is 25.3 Å². The predicted molar refractivity (Wildman–Crippen MR) is 75.9 cm³/mol. The van der Waals surface area contributed by atoms with Crippen LogP contribution in [0.25, 0.3) is 0 Å². The normalized spacial score (nSPS) is 21.9. The van der Waals surface area contributed by atoms with Crippen molar-refractivity contribution in [3.8, 4) is 0 Å². The molecule has 1 aromatic heterocycles. The van der Waals surface area contributed by atoms with Gasteiger partial charge in [-0.1, -0.05) is 6.92 Å². The SMILES string of the molecule is CCCn1cncc1C(CN)N1CCC(COC)C1. The van der Waals surface area contributed by atoms with Crippen molar-refractivity contribution in [2.75, 3.05) is 33.4 Å². The number of rotatable bonds is 7. The van der Waals surface area contributed by atoms with Gasteiger partial charge >= 0.3 is 0 Å². The van der Waals surface area contributed by atoms with Gasteiger partial charge in [-0.2, -0.15) is 0 Å². The van der Waals surface area contributed by atoms with E-state index < -0.39 is 0 Å². The average molecular weight is 266 g/mol. The zero-order chi connectivity index (χ0) is 13.7. The maximum atomic E-state index is 6.01. The van der Waals surface area contributed by atoms with Gasteiger partial charge in [0.1, 0.15) is 0 Å². The van der Waals surface area contributed by atoms with Crippen LogP contribution < -0.4 is 5.73 Å². The van der Waals surface area contributed by atoms with Gasteiger partial charge in [-0.15, -0.1) is 0 Å². The molecule has 0 spiro atoms. The highest BCUT2D eigenvalue weighted by Crippen LogP contribution is 2.27. The molecule has 0 radical (unpaired) electrons. The fourth-order valence-electron chi connectivity index (χ4n) is 3.01. The van der Waals surface area contributed by atoms with E-state index in [2.05, 4.69) is 21.4 Å². The van der Waals surface area contributed by atoms with Crippen molar-refractivity contribution in [1.29, 1.82) is 0 Å². The molecule has 0 aliphatic carbocycles.